The summed E-state index contributed by atoms with van der Waals surface area (Å²) < 4.78 is 30.2. The predicted octanol–water partition coefficient (Wildman–Crippen LogP) is 3.60. The van der Waals surface area contributed by atoms with Gasteiger partial charge in [0.1, 0.15) is 0 Å². The molecule has 0 atom stereocenters. The number of hydrogen-bond acceptors (Lipinski definition) is 5. The van der Waals surface area contributed by atoms with E-state index in [4.69, 9.17) is 46.6 Å². The normalized spacial score (nSPS) is 24.7. The summed E-state index contributed by atoms with van der Waals surface area (Å²) >= 11 is 13.2. The van der Waals surface area contributed by atoms with Crippen LogP contribution in [-0.2, 0) is 18.6 Å². The molecule has 2 aliphatic rings. The highest BCUT2D eigenvalue weighted by atomic mass is 35.5. The Morgan fingerprint density at radius 2 is 0.964 bits per heavy atom. The topological polar surface area (TPSA) is 46.2 Å². The summed E-state index contributed by atoms with van der Waals surface area (Å²) in [6.45, 7) is 15.9. The summed E-state index contributed by atoms with van der Waals surface area (Å²) in [5.74, 6) is 0.347. The second-order valence-electron chi connectivity index (χ2n) is 9.39. The zero-order valence-corrected chi connectivity index (χ0v) is 19.5. The Balaban J connectivity index is 2.08. The molecule has 3 rings (SSSR count). The Labute approximate surface area is 178 Å². The van der Waals surface area contributed by atoms with Crippen LogP contribution < -0.4 is 15.7 Å². The fourth-order valence-corrected chi connectivity index (χ4v) is 3.79. The summed E-state index contributed by atoms with van der Waals surface area (Å²) in [5, 5.41) is 0.706. The van der Waals surface area contributed by atoms with Crippen molar-refractivity contribution in [3.63, 3.8) is 0 Å². The molecule has 0 saturated carbocycles. The molecule has 1 aromatic carbocycles. The quantitative estimate of drug-likeness (QED) is 0.688. The van der Waals surface area contributed by atoms with Crippen LogP contribution in [0.1, 0.15) is 55.4 Å². The maximum Gasteiger partial charge on any atom is 0.496 e. The summed E-state index contributed by atoms with van der Waals surface area (Å²) in [5.41, 5.74) is -0.745. The lowest BCUT2D eigenvalue weighted by molar-refractivity contribution is 0.00578. The van der Waals surface area contributed by atoms with Crippen molar-refractivity contribution in [2.45, 2.75) is 77.8 Å². The van der Waals surface area contributed by atoms with Crippen LogP contribution in [-0.4, -0.2) is 43.8 Å². The minimum atomic E-state index is -0.662. The number of ether oxygens (including phenoxy) is 1. The van der Waals surface area contributed by atoms with Crippen molar-refractivity contribution in [3.8, 4) is 5.75 Å². The number of rotatable bonds is 3. The van der Waals surface area contributed by atoms with E-state index in [1.807, 2.05) is 61.5 Å². The van der Waals surface area contributed by atoms with E-state index in [9.17, 15) is 0 Å². The largest absolute Gasteiger partial charge is 0.496 e. The van der Waals surface area contributed by atoms with Gasteiger partial charge in [0.15, 0.2) is 5.75 Å². The lowest BCUT2D eigenvalue weighted by atomic mass is 9.71. The summed E-state index contributed by atoms with van der Waals surface area (Å²) in [6.07, 6.45) is 0. The van der Waals surface area contributed by atoms with Crippen LogP contribution in [0.15, 0.2) is 6.07 Å². The van der Waals surface area contributed by atoms with Crippen molar-refractivity contribution in [1.82, 2.24) is 0 Å². The summed E-state index contributed by atoms with van der Waals surface area (Å²) in [6, 6.07) is 1.83. The molecule has 5 nitrogen and oxygen atoms in total. The van der Waals surface area contributed by atoms with Gasteiger partial charge in [0.05, 0.1) is 39.6 Å². The zero-order chi connectivity index (χ0) is 21.3. The van der Waals surface area contributed by atoms with E-state index in [0.717, 1.165) is 0 Å². The first-order chi connectivity index (χ1) is 12.6. The third kappa shape index (κ3) is 3.38. The molecule has 0 unspecified atom stereocenters. The summed E-state index contributed by atoms with van der Waals surface area (Å²) in [4.78, 5) is 0. The van der Waals surface area contributed by atoms with E-state index >= 15 is 0 Å². The van der Waals surface area contributed by atoms with Crippen LogP contribution in [0.2, 0.25) is 10.0 Å². The molecule has 2 heterocycles. The lowest BCUT2D eigenvalue weighted by Gasteiger charge is -2.32. The molecule has 2 fully saturated rings. The van der Waals surface area contributed by atoms with E-state index < -0.39 is 36.6 Å². The molecule has 0 aromatic heterocycles. The minimum absolute atomic E-state index is 0.347. The van der Waals surface area contributed by atoms with Crippen molar-refractivity contribution in [1.29, 1.82) is 0 Å². The van der Waals surface area contributed by atoms with Crippen LogP contribution in [0.5, 0.6) is 5.75 Å². The highest BCUT2D eigenvalue weighted by Gasteiger charge is 2.55. The van der Waals surface area contributed by atoms with Gasteiger partial charge in [-0.1, -0.05) is 29.3 Å². The zero-order valence-electron chi connectivity index (χ0n) is 18.0. The summed E-state index contributed by atoms with van der Waals surface area (Å²) in [7, 11) is 0.199. The van der Waals surface area contributed by atoms with Crippen LogP contribution in [0.3, 0.4) is 0 Å². The third-order valence-electron chi connectivity index (χ3n) is 6.44. The predicted molar refractivity (Wildman–Crippen MR) is 114 cm³/mol. The highest BCUT2D eigenvalue weighted by Crippen LogP contribution is 2.41. The molecule has 0 bridgehead atoms. The lowest BCUT2D eigenvalue weighted by Crippen LogP contribution is -2.42. The van der Waals surface area contributed by atoms with Gasteiger partial charge in [-0.25, -0.2) is 0 Å². The monoisotopic (exact) mass is 428 g/mol. The molecule has 0 radical (unpaired) electrons. The molecular weight excluding hydrogens is 401 g/mol. The van der Waals surface area contributed by atoms with Gasteiger partial charge in [0.2, 0.25) is 0 Å². The van der Waals surface area contributed by atoms with Crippen molar-refractivity contribution in [2.24, 2.45) is 0 Å². The van der Waals surface area contributed by atoms with Crippen molar-refractivity contribution >= 4 is 48.4 Å². The van der Waals surface area contributed by atoms with E-state index in [-0.39, 0.29) is 0 Å². The average molecular weight is 429 g/mol. The smallest absolute Gasteiger partial charge is 0.494 e. The van der Waals surface area contributed by atoms with Crippen LogP contribution in [0, 0.1) is 0 Å². The number of halogens is 2. The maximum atomic E-state index is 6.62. The second kappa shape index (κ2) is 6.79. The van der Waals surface area contributed by atoms with Crippen molar-refractivity contribution in [3.05, 3.63) is 16.1 Å². The fourth-order valence-electron chi connectivity index (χ4n) is 3.12. The Morgan fingerprint density at radius 1 is 0.679 bits per heavy atom. The van der Waals surface area contributed by atoms with Crippen LogP contribution in [0.25, 0.3) is 0 Å². The molecule has 0 aliphatic carbocycles. The van der Waals surface area contributed by atoms with E-state index in [0.29, 0.717) is 26.7 Å². The van der Waals surface area contributed by atoms with Gasteiger partial charge in [-0.05, 0) is 55.4 Å². The van der Waals surface area contributed by atoms with E-state index in [2.05, 4.69) is 0 Å². The van der Waals surface area contributed by atoms with Gasteiger partial charge in [-0.2, -0.15) is 0 Å². The molecule has 2 saturated heterocycles. The molecule has 0 amide bonds. The Morgan fingerprint density at radius 3 is 1.21 bits per heavy atom. The SMILES string of the molecule is COc1c(Cl)c(B2OC(C)(C)C(C)(C)O2)cc(B2OC(C)(C)C(C)(C)O2)c1Cl. The number of benzene rings is 1. The Bertz CT molecular complexity index is 703. The minimum Gasteiger partial charge on any atom is -0.494 e. The average Bonchev–Trinajstić information content (AvgIpc) is 2.87. The molecule has 2 aliphatic heterocycles. The third-order valence-corrected chi connectivity index (χ3v) is 7.21. The molecule has 154 valence electrons. The van der Waals surface area contributed by atoms with Crippen molar-refractivity contribution < 1.29 is 23.4 Å². The first kappa shape index (κ1) is 22.3. The molecule has 1 aromatic rings. The molecule has 9 heteroatoms. The first-order valence-electron chi connectivity index (χ1n) is 9.40. The van der Waals surface area contributed by atoms with Gasteiger partial charge in [0, 0.05) is 10.9 Å². The number of methoxy groups -OCH3 is 1. The van der Waals surface area contributed by atoms with E-state index in [1.54, 1.807) is 0 Å². The van der Waals surface area contributed by atoms with Gasteiger partial charge < -0.3 is 23.4 Å². The molecule has 28 heavy (non-hydrogen) atoms. The van der Waals surface area contributed by atoms with E-state index in [1.165, 1.54) is 7.11 Å². The van der Waals surface area contributed by atoms with Gasteiger partial charge in [-0.3, -0.25) is 0 Å². The number of hydrogen-bond donors (Lipinski definition) is 0. The van der Waals surface area contributed by atoms with Gasteiger partial charge in [-0.15, -0.1) is 0 Å². The van der Waals surface area contributed by atoms with Gasteiger partial charge in [0.25, 0.3) is 0 Å². The Hall–Kier alpha value is -0.430. The second-order valence-corrected chi connectivity index (χ2v) is 10.1. The first-order valence-corrected chi connectivity index (χ1v) is 10.2. The highest BCUT2D eigenvalue weighted by molar-refractivity contribution is 6.70. The molecule has 0 N–H and O–H groups in total. The fraction of sp³-hybridized carbons (Fsp3) is 0.684. The molecule has 0 spiro atoms. The van der Waals surface area contributed by atoms with Crippen LogP contribution in [0.4, 0.5) is 0 Å². The standard InChI is InChI=1S/C19H28B2Cl2O5/c1-16(2)17(3,4)26-20(25-16)11-10-12(14(23)15(24-9)13(11)22)21-27-18(5,6)19(7,8)28-21/h10H,1-9H3. The van der Waals surface area contributed by atoms with Gasteiger partial charge >= 0.3 is 14.2 Å². The van der Waals surface area contributed by atoms with Crippen LogP contribution >= 0.6 is 23.2 Å². The molecular formula is C19H28B2Cl2O5. The Kier molecular flexibility index (Phi) is 5.40. The maximum absolute atomic E-state index is 6.62. The van der Waals surface area contributed by atoms with Crippen molar-refractivity contribution in [2.75, 3.05) is 7.11 Å².